The van der Waals surface area contributed by atoms with Crippen LogP contribution in [-0.2, 0) is 3.71 Å². The van der Waals surface area contributed by atoms with E-state index in [4.69, 9.17) is 10.0 Å². The van der Waals surface area contributed by atoms with Gasteiger partial charge in [0.05, 0.1) is 0 Å². The van der Waals surface area contributed by atoms with Crippen molar-refractivity contribution in [2.45, 2.75) is 0 Å². The Morgan fingerprint density at radius 1 is 1.60 bits per heavy atom. The molecule has 0 radical (unpaired) electrons. The Labute approximate surface area is 38.5 Å². The molecule has 0 bridgehead atoms. The zero-order chi connectivity index (χ0) is 4.28. The van der Waals surface area contributed by atoms with Crippen molar-refractivity contribution < 1.29 is 13.8 Å². The van der Waals surface area contributed by atoms with Gasteiger partial charge in [0.2, 0.25) is 0 Å². The number of hydrogen-bond donors (Lipinski definition) is 2. The third kappa shape index (κ3) is 4.48. The van der Waals surface area contributed by atoms with Gasteiger partial charge in [0, 0.05) is 0 Å². The molecule has 0 aliphatic carbocycles. The van der Waals surface area contributed by atoms with E-state index in [0.717, 1.165) is 0 Å². The topological polar surface area (TPSA) is 49.7 Å². The van der Waals surface area contributed by atoms with E-state index in [-0.39, 0.29) is 0 Å². The molecule has 0 aromatic carbocycles. The smallest absolute Gasteiger partial charge is 0.523 e. The summed E-state index contributed by atoms with van der Waals surface area (Å²) in [6, 6.07) is 0. The van der Waals surface area contributed by atoms with E-state index in [1.54, 1.807) is 0 Å². The van der Waals surface area contributed by atoms with Gasteiger partial charge >= 0.3 is 23.9 Å². The van der Waals surface area contributed by atoms with Crippen LogP contribution < -0.4 is 0 Å². The van der Waals surface area contributed by atoms with Crippen LogP contribution >= 0.6 is 0 Å². The van der Waals surface area contributed by atoms with Gasteiger partial charge in [-0.05, 0) is 0 Å². The van der Waals surface area contributed by atoms with Crippen LogP contribution in [0.1, 0.15) is 0 Å². The first-order chi connectivity index (χ1) is 2.27. The molecule has 0 saturated carbocycles. The Morgan fingerprint density at radius 3 is 1.80 bits per heavy atom. The van der Waals surface area contributed by atoms with Crippen molar-refractivity contribution >= 4 is 23.9 Å². The minimum atomic E-state index is -1.55. The van der Waals surface area contributed by atoms with E-state index >= 15 is 0 Å². The first-order valence-electron chi connectivity index (χ1n) is 1.16. The minimum Gasteiger partial charge on any atom is -0.523 e. The first kappa shape index (κ1) is 5.48. The highest BCUT2D eigenvalue weighted by Crippen LogP contribution is 1.58. The molecule has 3 nitrogen and oxygen atoms in total. The summed E-state index contributed by atoms with van der Waals surface area (Å²) >= 11 is 0.373. The Bertz CT molecular complexity index is 20.9. The summed E-state index contributed by atoms with van der Waals surface area (Å²) in [5.41, 5.74) is 0. The highest BCUT2D eigenvalue weighted by atomic mass is 27.1. The normalized spacial score (nSPS) is 7.60. The highest BCUT2D eigenvalue weighted by molar-refractivity contribution is 6.38. The molecule has 0 aliphatic heterocycles. The Kier molecular flexibility index (Phi) is 2.96. The fourth-order valence-corrected chi connectivity index (χ4v) is 0. The van der Waals surface area contributed by atoms with Gasteiger partial charge in [0.1, 0.15) is 0 Å². The number of hydrogen-bond acceptors (Lipinski definition) is 3. The van der Waals surface area contributed by atoms with Gasteiger partial charge in [-0.2, -0.15) is 0 Å². The zero-order valence-corrected chi connectivity index (χ0v) is 4.88. The summed E-state index contributed by atoms with van der Waals surface area (Å²) in [6.07, 6.45) is 0. The molecule has 0 atom stereocenters. The van der Waals surface area contributed by atoms with Gasteiger partial charge in [-0.3, -0.25) is 0 Å². The minimum absolute atomic E-state index is 0.373. The van der Waals surface area contributed by atoms with Gasteiger partial charge in [0.25, 0.3) is 0 Å². The van der Waals surface area contributed by atoms with E-state index in [9.17, 15) is 0 Å². The van der Waals surface area contributed by atoms with Gasteiger partial charge in [-0.25, -0.2) is 0 Å². The standard InChI is InChI=1S/Al.BH2O3.2H/c;2-1(3)4;;/h;2-3H;;/q+1;-1;;. The highest BCUT2D eigenvalue weighted by Gasteiger charge is 1.98. The number of rotatable bonds is 1. The second-order valence-corrected chi connectivity index (χ2v) is 1.03. The fourth-order valence-electron chi connectivity index (χ4n) is 0. The molecule has 5 heteroatoms. The van der Waals surface area contributed by atoms with Crippen LogP contribution in [-0.4, -0.2) is 34.0 Å². The molecule has 0 spiro atoms. The third-order valence-electron chi connectivity index (χ3n) is 0.211. The van der Waals surface area contributed by atoms with E-state index in [1.807, 2.05) is 0 Å². The summed E-state index contributed by atoms with van der Waals surface area (Å²) in [6.45, 7) is 0. The molecule has 0 fully saturated rings. The van der Waals surface area contributed by atoms with Crippen LogP contribution in [0.25, 0.3) is 0 Å². The molecule has 28 valence electrons. The van der Waals surface area contributed by atoms with E-state index < -0.39 is 7.32 Å². The van der Waals surface area contributed by atoms with Crippen LogP contribution in [0.3, 0.4) is 0 Å². The Hall–Kier alpha value is 0.477. The van der Waals surface area contributed by atoms with Crippen molar-refractivity contribution in [3.8, 4) is 0 Å². The molecule has 0 aliphatic rings. The SMILES string of the molecule is OB(O)[O][AlH2]. The molecule has 0 aromatic heterocycles. The van der Waals surface area contributed by atoms with E-state index in [2.05, 4.69) is 3.71 Å². The summed E-state index contributed by atoms with van der Waals surface area (Å²) < 4.78 is 4.00. The van der Waals surface area contributed by atoms with Gasteiger partial charge < -0.3 is 13.8 Å². The average Bonchev–Trinajstić information content (AvgIpc) is 1.38. The Balaban J connectivity index is 2.54. The quantitative estimate of drug-likeness (QED) is 0.350. The second-order valence-electron chi connectivity index (χ2n) is 0.562. The molecule has 2 N–H and O–H groups in total. The lowest BCUT2D eigenvalue weighted by molar-refractivity contribution is 0.299. The Morgan fingerprint density at radius 2 is 1.80 bits per heavy atom. The molecule has 0 amide bonds. The lowest BCUT2D eigenvalue weighted by atomic mass is 10.3. The summed E-state index contributed by atoms with van der Waals surface area (Å²) in [5, 5.41) is 15.5. The van der Waals surface area contributed by atoms with Crippen molar-refractivity contribution in [3.05, 3.63) is 0 Å². The van der Waals surface area contributed by atoms with Crippen molar-refractivity contribution in [3.63, 3.8) is 0 Å². The van der Waals surface area contributed by atoms with E-state index in [0.29, 0.717) is 16.6 Å². The molecule has 0 rings (SSSR count). The summed E-state index contributed by atoms with van der Waals surface area (Å²) in [4.78, 5) is 0. The maximum absolute atomic E-state index is 7.73. The van der Waals surface area contributed by atoms with Crippen LogP contribution in [0, 0.1) is 0 Å². The summed E-state index contributed by atoms with van der Waals surface area (Å²) in [7, 11) is -1.55. The first-order valence-corrected chi connectivity index (χ1v) is 1.98. The van der Waals surface area contributed by atoms with Gasteiger partial charge in [-0.1, -0.05) is 0 Å². The molecule has 5 heavy (non-hydrogen) atoms. The van der Waals surface area contributed by atoms with Crippen molar-refractivity contribution in [2.75, 3.05) is 0 Å². The lowest BCUT2D eigenvalue weighted by Gasteiger charge is -1.87. The third-order valence-corrected chi connectivity index (χ3v) is 0.632. The van der Waals surface area contributed by atoms with Crippen LogP contribution in [0.5, 0.6) is 0 Å². The van der Waals surface area contributed by atoms with E-state index in [1.165, 1.54) is 0 Å². The van der Waals surface area contributed by atoms with Crippen LogP contribution in [0.2, 0.25) is 0 Å². The molecule has 0 heterocycles. The van der Waals surface area contributed by atoms with Gasteiger partial charge in [-0.15, -0.1) is 0 Å². The van der Waals surface area contributed by atoms with Crippen molar-refractivity contribution in [1.29, 1.82) is 0 Å². The average molecular weight is 89.8 g/mol. The monoisotopic (exact) mass is 90.0 g/mol. The predicted molar refractivity (Wildman–Crippen MR) is 19.8 cm³/mol. The molecular formula is H4AlBO3. The lowest BCUT2D eigenvalue weighted by Crippen LogP contribution is -2.13. The van der Waals surface area contributed by atoms with Crippen LogP contribution in [0.4, 0.5) is 0 Å². The maximum atomic E-state index is 7.73. The predicted octanol–water partition coefficient (Wildman–Crippen LogP) is -2.48. The van der Waals surface area contributed by atoms with Crippen LogP contribution in [0.15, 0.2) is 0 Å². The molecule has 0 unspecified atom stereocenters. The summed E-state index contributed by atoms with van der Waals surface area (Å²) in [5.74, 6) is 0. The van der Waals surface area contributed by atoms with Crippen molar-refractivity contribution in [2.24, 2.45) is 0 Å². The van der Waals surface area contributed by atoms with Gasteiger partial charge in [0.15, 0.2) is 0 Å². The second kappa shape index (κ2) is 2.70. The zero-order valence-electron chi connectivity index (χ0n) is 2.88. The molecular weight excluding hydrogens is 85.8 g/mol. The van der Waals surface area contributed by atoms with Crippen molar-refractivity contribution in [1.82, 2.24) is 0 Å². The molecule has 0 aromatic rings. The fraction of sp³-hybridized carbons (Fsp3) is 0. The largest absolute Gasteiger partial charge is 0.603 e. The molecule has 0 saturated heterocycles. The maximum Gasteiger partial charge on any atom is 0.603 e.